The molecule has 4 aliphatic carbocycles. The quantitative estimate of drug-likeness (QED) is 0.494. The van der Waals surface area contributed by atoms with Crippen LogP contribution in [-0.2, 0) is 38.1 Å². The monoisotopic (exact) mass is 404 g/mol. The van der Waals surface area contributed by atoms with Gasteiger partial charge in [-0.15, -0.1) is 0 Å². The Labute approximate surface area is 167 Å². The van der Waals surface area contributed by atoms with Gasteiger partial charge in [-0.05, 0) is 25.7 Å². The summed E-state index contributed by atoms with van der Waals surface area (Å²) in [7, 11) is 0. The van der Waals surface area contributed by atoms with Crippen LogP contribution in [0.3, 0.4) is 0 Å². The summed E-state index contributed by atoms with van der Waals surface area (Å²) in [6.07, 6.45) is 1.66. The third kappa shape index (κ3) is 2.43. The van der Waals surface area contributed by atoms with Gasteiger partial charge in [-0.2, -0.15) is 0 Å². The molecule has 0 amide bonds. The minimum atomic E-state index is -0.646. The molecule has 4 bridgehead atoms. The third-order valence-corrected chi connectivity index (χ3v) is 8.22. The van der Waals surface area contributed by atoms with Gasteiger partial charge in [0.15, 0.2) is 0 Å². The molecule has 2 heterocycles. The number of rotatable bonds is 5. The molecule has 6 fully saturated rings. The molecule has 0 aromatic carbocycles. The van der Waals surface area contributed by atoms with E-state index in [9.17, 15) is 19.2 Å². The summed E-state index contributed by atoms with van der Waals surface area (Å²) in [6, 6.07) is 0. The van der Waals surface area contributed by atoms with E-state index >= 15 is 0 Å². The lowest BCUT2D eigenvalue weighted by molar-refractivity contribution is -0.170. The second-order valence-electron chi connectivity index (χ2n) is 9.77. The summed E-state index contributed by atoms with van der Waals surface area (Å²) in [5.74, 6) is -1.28. The second-order valence-corrected chi connectivity index (χ2v) is 9.77. The second kappa shape index (κ2) is 5.95. The Morgan fingerprint density at radius 3 is 1.97 bits per heavy atom. The summed E-state index contributed by atoms with van der Waals surface area (Å²) in [5.41, 5.74) is 0. The molecule has 6 aliphatic rings. The topological polar surface area (TPSA) is 105 Å². The molecule has 11 unspecified atom stereocenters. The van der Waals surface area contributed by atoms with Crippen molar-refractivity contribution >= 4 is 23.9 Å². The number of fused-ring (bicyclic) bond motifs is 2. The highest BCUT2D eigenvalue weighted by Gasteiger charge is 2.64. The Morgan fingerprint density at radius 1 is 0.897 bits per heavy atom. The molecule has 0 radical (unpaired) electrons. The first-order chi connectivity index (χ1) is 13.9. The standard InChI is InChI=1S/C21H24O8/c1-7(19(23)27-16-9-4-11-13(6-9)21(25)29-18(11)16)2-14(22)26-15-8-3-10-12(5-8)20(24)28-17(10)15/h7-13,15-18H,2-6H2,1H3. The van der Waals surface area contributed by atoms with Crippen LogP contribution in [0.5, 0.6) is 0 Å². The lowest BCUT2D eigenvalue weighted by Crippen LogP contribution is -2.38. The van der Waals surface area contributed by atoms with E-state index in [1.807, 2.05) is 0 Å². The van der Waals surface area contributed by atoms with Gasteiger partial charge in [-0.1, -0.05) is 6.92 Å². The van der Waals surface area contributed by atoms with Crippen molar-refractivity contribution in [1.82, 2.24) is 0 Å². The third-order valence-electron chi connectivity index (χ3n) is 8.22. The first-order valence-electron chi connectivity index (χ1n) is 10.7. The SMILES string of the molecule is CC(CC(=O)OC1C2CC3C(=O)OC1C3C2)C(=O)OC1C2CC3C(=O)OC1C3C2. The Morgan fingerprint density at radius 2 is 1.41 bits per heavy atom. The van der Waals surface area contributed by atoms with Gasteiger partial charge in [0.25, 0.3) is 0 Å². The van der Waals surface area contributed by atoms with Crippen LogP contribution in [0.4, 0.5) is 0 Å². The lowest BCUT2D eigenvalue weighted by atomic mass is 9.88. The fourth-order valence-corrected chi connectivity index (χ4v) is 6.91. The molecule has 2 saturated heterocycles. The van der Waals surface area contributed by atoms with Crippen LogP contribution in [0, 0.1) is 41.4 Å². The van der Waals surface area contributed by atoms with Crippen molar-refractivity contribution in [3.63, 3.8) is 0 Å². The van der Waals surface area contributed by atoms with E-state index in [1.165, 1.54) is 0 Å². The van der Waals surface area contributed by atoms with Crippen molar-refractivity contribution in [2.75, 3.05) is 0 Å². The van der Waals surface area contributed by atoms with Crippen molar-refractivity contribution < 1.29 is 38.1 Å². The molecule has 2 aliphatic heterocycles. The zero-order valence-electron chi connectivity index (χ0n) is 16.2. The predicted octanol–water partition coefficient (Wildman–Crippen LogP) is 0.999. The molecule has 4 saturated carbocycles. The largest absolute Gasteiger partial charge is 0.458 e. The van der Waals surface area contributed by atoms with Crippen molar-refractivity contribution in [3.8, 4) is 0 Å². The average Bonchev–Trinajstić information content (AvgIpc) is 3.45. The van der Waals surface area contributed by atoms with Crippen molar-refractivity contribution in [1.29, 1.82) is 0 Å². The number of hydrogen-bond acceptors (Lipinski definition) is 8. The van der Waals surface area contributed by atoms with Crippen LogP contribution >= 0.6 is 0 Å². The van der Waals surface area contributed by atoms with Gasteiger partial charge < -0.3 is 18.9 Å². The summed E-state index contributed by atoms with van der Waals surface area (Å²) in [4.78, 5) is 48.7. The molecule has 156 valence electrons. The Hall–Kier alpha value is -2.12. The first-order valence-corrected chi connectivity index (χ1v) is 10.7. The normalized spacial score (nSPS) is 48.6. The number of carbonyl (C=O) groups is 4. The van der Waals surface area contributed by atoms with E-state index in [4.69, 9.17) is 18.9 Å². The Bertz CT molecular complexity index is 807. The van der Waals surface area contributed by atoms with Gasteiger partial charge in [0.2, 0.25) is 0 Å². The van der Waals surface area contributed by atoms with E-state index in [-0.39, 0.29) is 72.2 Å². The average molecular weight is 404 g/mol. The number of esters is 4. The van der Waals surface area contributed by atoms with Crippen molar-refractivity contribution in [2.45, 2.75) is 63.4 Å². The molecule has 0 aromatic rings. The molecule has 6 rings (SSSR count). The molecule has 0 spiro atoms. The van der Waals surface area contributed by atoms with Gasteiger partial charge in [-0.25, -0.2) is 0 Å². The fourth-order valence-electron chi connectivity index (χ4n) is 6.91. The molecule has 8 nitrogen and oxygen atoms in total. The van der Waals surface area contributed by atoms with Crippen LogP contribution in [-0.4, -0.2) is 48.3 Å². The van der Waals surface area contributed by atoms with Gasteiger partial charge in [0, 0.05) is 23.7 Å². The maximum atomic E-state index is 12.6. The molecule has 11 atom stereocenters. The summed E-state index contributed by atoms with van der Waals surface area (Å²) in [5, 5.41) is 0. The molecule has 0 aromatic heterocycles. The highest BCUT2D eigenvalue weighted by atomic mass is 16.6. The predicted molar refractivity (Wildman–Crippen MR) is 92.7 cm³/mol. The van der Waals surface area contributed by atoms with Gasteiger partial charge in [0.1, 0.15) is 24.4 Å². The van der Waals surface area contributed by atoms with Crippen LogP contribution in [0.25, 0.3) is 0 Å². The molecule has 0 N–H and O–H groups in total. The van der Waals surface area contributed by atoms with E-state index in [0.717, 1.165) is 25.7 Å². The first kappa shape index (κ1) is 17.7. The number of ether oxygens (including phenoxy) is 4. The minimum absolute atomic E-state index is 0.0279. The molecular weight excluding hydrogens is 380 g/mol. The van der Waals surface area contributed by atoms with Gasteiger partial charge in [0.05, 0.1) is 24.2 Å². The van der Waals surface area contributed by atoms with E-state index in [2.05, 4.69) is 0 Å². The van der Waals surface area contributed by atoms with Gasteiger partial charge in [-0.3, -0.25) is 19.2 Å². The highest BCUT2D eigenvalue weighted by molar-refractivity contribution is 5.81. The van der Waals surface area contributed by atoms with E-state index in [1.54, 1.807) is 6.92 Å². The maximum absolute atomic E-state index is 12.6. The summed E-state index contributed by atoms with van der Waals surface area (Å²) in [6.45, 7) is 1.65. The van der Waals surface area contributed by atoms with Crippen molar-refractivity contribution in [2.24, 2.45) is 41.4 Å². The molecular formula is C21H24O8. The van der Waals surface area contributed by atoms with Crippen LogP contribution in [0.15, 0.2) is 0 Å². The fraction of sp³-hybridized carbons (Fsp3) is 0.810. The van der Waals surface area contributed by atoms with E-state index in [0.29, 0.717) is 0 Å². The van der Waals surface area contributed by atoms with Crippen LogP contribution < -0.4 is 0 Å². The number of hydrogen-bond donors (Lipinski definition) is 0. The molecule has 29 heavy (non-hydrogen) atoms. The van der Waals surface area contributed by atoms with E-state index < -0.39 is 24.0 Å². The summed E-state index contributed by atoms with van der Waals surface area (Å²) < 4.78 is 22.1. The Kier molecular flexibility index (Phi) is 3.64. The van der Waals surface area contributed by atoms with Crippen LogP contribution in [0.2, 0.25) is 0 Å². The lowest BCUT2D eigenvalue weighted by Gasteiger charge is -2.27. The zero-order valence-corrected chi connectivity index (χ0v) is 16.2. The van der Waals surface area contributed by atoms with Crippen molar-refractivity contribution in [3.05, 3.63) is 0 Å². The zero-order chi connectivity index (χ0) is 20.0. The molecule has 8 heteroatoms. The van der Waals surface area contributed by atoms with Crippen LogP contribution in [0.1, 0.15) is 39.0 Å². The maximum Gasteiger partial charge on any atom is 0.309 e. The Balaban J connectivity index is 1.04. The summed E-state index contributed by atoms with van der Waals surface area (Å²) >= 11 is 0. The highest BCUT2D eigenvalue weighted by Crippen LogP contribution is 2.56. The number of carbonyl (C=O) groups excluding carboxylic acids is 4. The smallest absolute Gasteiger partial charge is 0.309 e. The minimum Gasteiger partial charge on any atom is -0.458 e. The van der Waals surface area contributed by atoms with Gasteiger partial charge >= 0.3 is 23.9 Å².